The zero-order chi connectivity index (χ0) is 26.4. The number of aliphatic imine (C=N–C) groups is 1. The number of rotatable bonds is 5. The second-order valence-corrected chi connectivity index (χ2v) is 10.6. The van der Waals surface area contributed by atoms with Crippen molar-refractivity contribution < 1.29 is 13.5 Å². The van der Waals surface area contributed by atoms with E-state index < -0.39 is 11.6 Å². The summed E-state index contributed by atoms with van der Waals surface area (Å²) in [6.07, 6.45) is 2.28. The van der Waals surface area contributed by atoms with Crippen LogP contribution in [0.1, 0.15) is 25.2 Å². The van der Waals surface area contributed by atoms with Crippen molar-refractivity contribution in [2.75, 3.05) is 56.2 Å². The van der Waals surface area contributed by atoms with Crippen molar-refractivity contribution >= 4 is 22.8 Å². The van der Waals surface area contributed by atoms with Gasteiger partial charge in [0.2, 0.25) is 0 Å². The second-order valence-electron chi connectivity index (χ2n) is 10.6. The van der Waals surface area contributed by atoms with E-state index in [2.05, 4.69) is 49.9 Å². The maximum atomic E-state index is 15.0. The van der Waals surface area contributed by atoms with E-state index in [9.17, 15) is 4.39 Å². The molecule has 0 N–H and O–H groups in total. The van der Waals surface area contributed by atoms with Crippen LogP contribution < -0.4 is 14.5 Å². The Bertz CT molecular complexity index is 1400. The summed E-state index contributed by atoms with van der Waals surface area (Å²) in [5.74, 6) is -0.441. The van der Waals surface area contributed by atoms with E-state index in [0.29, 0.717) is 43.1 Å². The lowest BCUT2D eigenvalue weighted by Crippen LogP contribution is -2.44. The zero-order valence-electron chi connectivity index (χ0n) is 22.0. The molecule has 0 amide bonds. The molecule has 3 aromatic rings. The predicted molar refractivity (Wildman–Crippen MR) is 146 cm³/mol. The number of piperazine rings is 1. The molecular formula is C29H32F2N6O. The quantitative estimate of drug-likeness (QED) is 0.490. The summed E-state index contributed by atoms with van der Waals surface area (Å²) >= 11 is 0. The Morgan fingerprint density at radius 2 is 1.82 bits per heavy atom. The minimum Gasteiger partial charge on any atom is -0.486 e. The van der Waals surface area contributed by atoms with Crippen LogP contribution in [0.25, 0.3) is 11.3 Å². The number of ether oxygens (including phenoxy) is 1. The van der Waals surface area contributed by atoms with Crippen molar-refractivity contribution in [2.24, 2.45) is 4.99 Å². The molecule has 3 aliphatic rings. The first-order chi connectivity index (χ1) is 18.4. The van der Waals surface area contributed by atoms with Gasteiger partial charge in [0, 0.05) is 62.0 Å². The Morgan fingerprint density at radius 1 is 1.00 bits per heavy atom. The molecule has 7 nitrogen and oxygen atoms in total. The maximum Gasteiger partial charge on any atom is 0.178 e. The minimum absolute atomic E-state index is 0.0828. The lowest BCUT2D eigenvalue weighted by atomic mass is 10.1. The number of hydrogen-bond acceptors (Lipinski definition) is 7. The molecule has 0 unspecified atom stereocenters. The molecule has 0 bridgehead atoms. The van der Waals surface area contributed by atoms with Gasteiger partial charge in [0.25, 0.3) is 0 Å². The molecule has 0 spiro atoms. The van der Waals surface area contributed by atoms with E-state index in [4.69, 9.17) is 9.73 Å². The topological polar surface area (TPSA) is 57.1 Å². The van der Waals surface area contributed by atoms with Crippen LogP contribution in [0, 0.1) is 11.6 Å². The SMILES string of the molecule is CC(C)N1CCOc2c(F)cc(-c3nc(CC4=Nc5ccc(N6CCN(C)CC6)cc5C4)ncc3F)cc21. The first kappa shape index (κ1) is 24.7. The van der Waals surface area contributed by atoms with Crippen molar-refractivity contribution in [3.8, 4) is 17.0 Å². The third-order valence-electron chi connectivity index (χ3n) is 7.57. The highest BCUT2D eigenvalue weighted by atomic mass is 19.1. The highest BCUT2D eigenvalue weighted by Gasteiger charge is 2.26. The van der Waals surface area contributed by atoms with Crippen molar-refractivity contribution in [3.05, 3.63) is 59.6 Å². The van der Waals surface area contributed by atoms with E-state index >= 15 is 4.39 Å². The van der Waals surface area contributed by atoms with E-state index in [0.717, 1.165) is 37.6 Å². The Morgan fingerprint density at radius 3 is 2.61 bits per heavy atom. The van der Waals surface area contributed by atoms with E-state index in [1.165, 1.54) is 23.5 Å². The molecule has 2 aromatic carbocycles. The van der Waals surface area contributed by atoms with Gasteiger partial charge in [-0.1, -0.05) is 0 Å². The van der Waals surface area contributed by atoms with Crippen molar-refractivity contribution in [1.82, 2.24) is 14.9 Å². The maximum absolute atomic E-state index is 15.0. The van der Waals surface area contributed by atoms with Crippen LogP contribution in [0.4, 0.5) is 25.8 Å². The molecule has 198 valence electrons. The summed E-state index contributed by atoms with van der Waals surface area (Å²) in [6.45, 7) is 9.27. The van der Waals surface area contributed by atoms with Gasteiger partial charge >= 0.3 is 0 Å². The number of benzene rings is 2. The first-order valence-corrected chi connectivity index (χ1v) is 13.2. The number of nitrogens with zero attached hydrogens (tertiary/aromatic N) is 6. The van der Waals surface area contributed by atoms with Crippen LogP contribution in [0.3, 0.4) is 0 Å². The molecule has 38 heavy (non-hydrogen) atoms. The van der Waals surface area contributed by atoms with Gasteiger partial charge in [-0.2, -0.15) is 0 Å². The van der Waals surface area contributed by atoms with Gasteiger partial charge in [0.15, 0.2) is 17.4 Å². The number of anilines is 2. The summed E-state index contributed by atoms with van der Waals surface area (Å²) < 4.78 is 35.5. The largest absolute Gasteiger partial charge is 0.486 e. The first-order valence-electron chi connectivity index (χ1n) is 13.2. The third-order valence-corrected chi connectivity index (χ3v) is 7.57. The Hall–Kier alpha value is -3.59. The smallest absolute Gasteiger partial charge is 0.178 e. The van der Waals surface area contributed by atoms with Crippen molar-refractivity contribution in [3.63, 3.8) is 0 Å². The Balaban J connectivity index is 1.23. The monoisotopic (exact) mass is 518 g/mol. The normalized spacial score (nSPS) is 17.4. The van der Waals surface area contributed by atoms with Gasteiger partial charge < -0.3 is 19.4 Å². The molecule has 6 rings (SSSR count). The summed E-state index contributed by atoms with van der Waals surface area (Å²) in [5.41, 5.74) is 5.38. The molecule has 9 heteroatoms. The molecule has 0 atom stereocenters. The van der Waals surface area contributed by atoms with Crippen molar-refractivity contribution in [2.45, 2.75) is 32.7 Å². The Labute approximate surface area is 221 Å². The number of halogens is 2. The number of hydrogen-bond donors (Lipinski definition) is 0. The van der Waals surface area contributed by atoms with Crippen LogP contribution in [-0.4, -0.2) is 73.0 Å². The number of aromatic nitrogens is 2. The van der Waals surface area contributed by atoms with Gasteiger partial charge in [-0.15, -0.1) is 0 Å². The van der Waals surface area contributed by atoms with Gasteiger partial charge in [0.05, 0.1) is 24.1 Å². The van der Waals surface area contributed by atoms with E-state index in [1.54, 1.807) is 6.07 Å². The average Bonchev–Trinajstić information content (AvgIpc) is 3.31. The predicted octanol–water partition coefficient (Wildman–Crippen LogP) is 4.65. The summed E-state index contributed by atoms with van der Waals surface area (Å²) in [6, 6.07) is 9.64. The summed E-state index contributed by atoms with van der Waals surface area (Å²) in [4.78, 5) is 20.4. The molecule has 0 aliphatic carbocycles. The molecule has 0 radical (unpaired) electrons. The fraction of sp³-hybridized carbons (Fsp3) is 0.414. The van der Waals surface area contributed by atoms with Crippen LogP contribution >= 0.6 is 0 Å². The van der Waals surface area contributed by atoms with E-state index in [1.807, 2.05) is 13.8 Å². The molecule has 1 fully saturated rings. The lowest BCUT2D eigenvalue weighted by molar-refractivity contribution is 0.287. The standard InChI is InChI=1S/C29H32F2N6O/c1-18(2)37-10-11-38-29-23(30)14-20(15-26(29)37)28-24(31)17-32-27(34-28)16-21-12-19-13-22(4-5-25(19)33-21)36-8-6-35(3)7-9-36/h4-5,13-15,17-18H,6-12,16H2,1-3H3. The molecule has 4 heterocycles. The molecular weight excluding hydrogens is 486 g/mol. The van der Waals surface area contributed by atoms with Crippen LogP contribution in [0.5, 0.6) is 5.75 Å². The highest BCUT2D eigenvalue weighted by Crippen LogP contribution is 2.39. The van der Waals surface area contributed by atoms with Crippen LogP contribution in [0.2, 0.25) is 0 Å². The molecule has 0 saturated carbocycles. The number of fused-ring (bicyclic) bond motifs is 2. The second kappa shape index (κ2) is 9.94. The van der Waals surface area contributed by atoms with Gasteiger partial charge in [0.1, 0.15) is 18.1 Å². The molecule has 3 aliphatic heterocycles. The van der Waals surface area contributed by atoms with Crippen LogP contribution in [-0.2, 0) is 12.8 Å². The van der Waals surface area contributed by atoms with E-state index in [-0.39, 0.29) is 17.5 Å². The van der Waals surface area contributed by atoms with Gasteiger partial charge in [-0.25, -0.2) is 18.7 Å². The fourth-order valence-corrected chi connectivity index (χ4v) is 5.46. The minimum atomic E-state index is -0.589. The summed E-state index contributed by atoms with van der Waals surface area (Å²) in [7, 11) is 2.15. The lowest BCUT2D eigenvalue weighted by Gasteiger charge is -2.34. The molecule has 1 saturated heterocycles. The highest BCUT2D eigenvalue weighted by molar-refractivity contribution is 5.95. The van der Waals surface area contributed by atoms with Gasteiger partial charge in [-0.3, -0.25) is 4.99 Å². The Kier molecular flexibility index (Phi) is 6.47. The number of likely N-dealkylation sites (N-methyl/N-ethyl adjacent to an activating group) is 1. The zero-order valence-corrected chi connectivity index (χ0v) is 22.0. The summed E-state index contributed by atoms with van der Waals surface area (Å²) in [5, 5.41) is 0. The van der Waals surface area contributed by atoms with Crippen molar-refractivity contribution in [1.29, 1.82) is 0 Å². The average molecular weight is 519 g/mol. The third kappa shape index (κ3) is 4.71. The fourth-order valence-electron chi connectivity index (χ4n) is 5.46. The van der Waals surface area contributed by atoms with Crippen LogP contribution in [0.15, 0.2) is 41.5 Å². The van der Waals surface area contributed by atoms with Gasteiger partial charge in [-0.05, 0) is 56.8 Å². The molecule has 1 aromatic heterocycles.